The first-order valence-electron chi connectivity index (χ1n) is 11.1. The summed E-state index contributed by atoms with van der Waals surface area (Å²) in [6.45, 7) is 3.71. The summed E-state index contributed by atoms with van der Waals surface area (Å²) in [5, 5.41) is 8.74. The van der Waals surface area contributed by atoms with Crippen LogP contribution in [0.5, 0.6) is 0 Å². The summed E-state index contributed by atoms with van der Waals surface area (Å²) in [6, 6.07) is 3.94. The van der Waals surface area contributed by atoms with Crippen molar-refractivity contribution in [3.8, 4) is 0 Å². The van der Waals surface area contributed by atoms with Crippen LogP contribution in [0.1, 0.15) is 38.5 Å². The molecule has 0 atom stereocenters. The molecule has 3 saturated heterocycles. The van der Waals surface area contributed by atoms with Crippen LogP contribution in [0.2, 0.25) is 0 Å². The molecule has 11 heteroatoms. The third-order valence-corrected chi connectivity index (χ3v) is 8.08. The van der Waals surface area contributed by atoms with Crippen LogP contribution in [0.3, 0.4) is 0 Å². The minimum atomic E-state index is -3.54. The first-order valence-corrected chi connectivity index (χ1v) is 12.7. The van der Waals surface area contributed by atoms with Crippen molar-refractivity contribution < 1.29 is 18.0 Å². The van der Waals surface area contributed by atoms with E-state index in [0.717, 1.165) is 29.6 Å². The Kier molecular flexibility index (Phi) is 6.71. The van der Waals surface area contributed by atoms with Gasteiger partial charge in [0.05, 0.1) is 5.75 Å². The normalized spacial score (nSPS) is 21.6. The van der Waals surface area contributed by atoms with Gasteiger partial charge < -0.3 is 9.80 Å². The average Bonchev–Trinajstić information content (AvgIpc) is 2.79. The van der Waals surface area contributed by atoms with Gasteiger partial charge in [0, 0.05) is 58.7 Å². The highest BCUT2D eigenvalue weighted by Gasteiger charge is 2.31. The number of hydrogen-bond donors (Lipinski definition) is 0. The topological polar surface area (TPSA) is 107 Å². The van der Waals surface area contributed by atoms with Gasteiger partial charge in [0.2, 0.25) is 21.8 Å². The first-order chi connectivity index (χ1) is 14.9. The van der Waals surface area contributed by atoms with Crippen molar-refractivity contribution in [2.45, 2.75) is 38.5 Å². The van der Waals surface area contributed by atoms with Crippen LogP contribution in [0.25, 0.3) is 0 Å². The van der Waals surface area contributed by atoms with Crippen molar-refractivity contribution in [2.75, 3.05) is 61.4 Å². The lowest BCUT2D eigenvalue weighted by Gasteiger charge is -2.35. The van der Waals surface area contributed by atoms with Crippen LogP contribution in [0.15, 0.2) is 12.1 Å². The number of piperazine rings is 1. The van der Waals surface area contributed by atoms with Gasteiger partial charge in [-0.15, -0.1) is 10.2 Å². The highest BCUT2D eigenvalue weighted by molar-refractivity contribution is 7.89. The molecule has 2 amide bonds. The van der Waals surface area contributed by atoms with Crippen LogP contribution in [0.4, 0.5) is 11.6 Å². The van der Waals surface area contributed by atoms with Crippen molar-refractivity contribution in [1.82, 2.24) is 19.4 Å². The van der Waals surface area contributed by atoms with Crippen LogP contribution in [-0.2, 0) is 19.6 Å². The molecule has 1 aromatic heterocycles. The Hall–Kier alpha value is -2.27. The van der Waals surface area contributed by atoms with Gasteiger partial charge in [0.1, 0.15) is 0 Å². The van der Waals surface area contributed by atoms with Crippen LogP contribution < -0.4 is 9.80 Å². The molecule has 1 aromatic rings. The quantitative estimate of drug-likeness (QED) is 0.576. The van der Waals surface area contributed by atoms with Gasteiger partial charge in [-0.1, -0.05) is 0 Å². The van der Waals surface area contributed by atoms with Crippen molar-refractivity contribution in [2.24, 2.45) is 0 Å². The van der Waals surface area contributed by atoms with E-state index in [9.17, 15) is 18.0 Å². The molecule has 3 aliphatic heterocycles. The van der Waals surface area contributed by atoms with E-state index in [1.54, 1.807) is 0 Å². The predicted octanol–water partition coefficient (Wildman–Crippen LogP) is 0.458. The number of amides is 2. The lowest BCUT2D eigenvalue weighted by Crippen LogP contribution is -2.51. The number of carbonyl (C=O) groups is 2. The van der Waals surface area contributed by atoms with E-state index < -0.39 is 10.0 Å². The Morgan fingerprint density at radius 1 is 0.742 bits per heavy atom. The van der Waals surface area contributed by atoms with Gasteiger partial charge in [-0.05, 0) is 37.8 Å². The molecule has 0 bridgehead atoms. The largest absolute Gasteiger partial charge is 0.355 e. The van der Waals surface area contributed by atoms with E-state index in [2.05, 4.69) is 15.1 Å². The van der Waals surface area contributed by atoms with E-state index in [1.165, 1.54) is 23.6 Å². The lowest BCUT2D eigenvalue weighted by atomic mass is 10.1. The van der Waals surface area contributed by atoms with Gasteiger partial charge in [0.15, 0.2) is 11.6 Å². The molecule has 4 rings (SSSR count). The fraction of sp³-hybridized carbons (Fsp3) is 0.700. The predicted molar refractivity (Wildman–Crippen MR) is 116 cm³/mol. The van der Waals surface area contributed by atoms with E-state index in [0.29, 0.717) is 45.4 Å². The van der Waals surface area contributed by atoms with Gasteiger partial charge >= 0.3 is 0 Å². The summed E-state index contributed by atoms with van der Waals surface area (Å²) < 4.78 is 26.9. The van der Waals surface area contributed by atoms with Crippen molar-refractivity contribution in [3.63, 3.8) is 0 Å². The molecule has 0 saturated carbocycles. The maximum Gasteiger partial charge on any atom is 0.229 e. The van der Waals surface area contributed by atoms with E-state index in [4.69, 9.17) is 0 Å². The standard InChI is InChI=1S/C20H30N6O4S/c27-19-5-4-6-20(28)26(19)15-16-31(29,30)25-13-11-24(12-14-25)18-8-7-17(21-22-18)23-9-2-1-3-10-23/h7-8H,1-6,9-16H2. The van der Waals surface area contributed by atoms with Crippen LogP contribution >= 0.6 is 0 Å². The number of anilines is 2. The van der Waals surface area contributed by atoms with Gasteiger partial charge in [-0.3, -0.25) is 14.5 Å². The molecule has 170 valence electrons. The summed E-state index contributed by atoms with van der Waals surface area (Å²) in [5.74, 6) is 0.869. The highest BCUT2D eigenvalue weighted by Crippen LogP contribution is 2.20. The summed E-state index contributed by atoms with van der Waals surface area (Å²) in [5.41, 5.74) is 0. The first kappa shape index (κ1) is 21.9. The monoisotopic (exact) mass is 450 g/mol. The maximum absolute atomic E-state index is 12.7. The fourth-order valence-corrected chi connectivity index (χ4v) is 5.75. The number of rotatable bonds is 6. The number of aromatic nitrogens is 2. The second-order valence-electron chi connectivity index (χ2n) is 8.29. The minimum Gasteiger partial charge on any atom is -0.355 e. The van der Waals surface area contributed by atoms with Crippen molar-refractivity contribution >= 4 is 33.5 Å². The zero-order valence-electron chi connectivity index (χ0n) is 17.8. The Morgan fingerprint density at radius 3 is 1.84 bits per heavy atom. The fourth-order valence-electron chi connectivity index (χ4n) is 4.36. The number of sulfonamides is 1. The Labute approximate surface area is 183 Å². The lowest BCUT2D eigenvalue weighted by molar-refractivity contribution is -0.147. The summed E-state index contributed by atoms with van der Waals surface area (Å²) in [7, 11) is -3.54. The number of imide groups is 1. The maximum atomic E-state index is 12.7. The molecule has 3 aliphatic rings. The molecule has 4 heterocycles. The molecule has 0 aliphatic carbocycles. The molecule has 0 unspecified atom stereocenters. The van der Waals surface area contributed by atoms with Gasteiger partial charge in [-0.25, -0.2) is 8.42 Å². The third kappa shape index (κ3) is 5.15. The highest BCUT2D eigenvalue weighted by atomic mass is 32.2. The second kappa shape index (κ2) is 9.47. The SMILES string of the molecule is O=C1CCCC(=O)N1CCS(=O)(=O)N1CCN(c2ccc(N3CCCCC3)nn2)CC1. The Bertz CT molecular complexity index is 877. The second-order valence-corrected chi connectivity index (χ2v) is 10.4. The number of piperidine rings is 2. The summed E-state index contributed by atoms with van der Waals surface area (Å²) in [6.07, 6.45) is 4.79. The van der Waals surface area contributed by atoms with E-state index in [-0.39, 0.29) is 24.1 Å². The number of hydrogen-bond acceptors (Lipinski definition) is 8. The van der Waals surface area contributed by atoms with Gasteiger partial charge in [-0.2, -0.15) is 4.31 Å². The Balaban J connectivity index is 1.29. The molecular formula is C20H30N6O4S. The number of carbonyl (C=O) groups excluding carboxylic acids is 2. The summed E-state index contributed by atoms with van der Waals surface area (Å²) in [4.78, 5) is 29.2. The van der Waals surface area contributed by atoms with Crippen molar-refractivity contribution in [3.05, 3.63) is 12.1 Å². The molecule has 0 spiro atoms. The molecule has 31 heavy (non-hydrogen) atoms. The number of nitrogens with zero attached hydrogens (tertiary/aromatic N) is 6. The molecule has 0 aromatic carbocycles. The molecule has 3 fully saturated rings. The molecule has 10 nitrogen and oxygen atoms in total. The zero-order chi connectivity index (χ0) is 21.8. The minimum absolute atomic E-state index is 0.0658. The van der Waals surface area contributed by atoms with Crippen molar-refractivity contribution in [1.29, 1.82) is 0 Å². The Morgan fingerprint density at radius 2 is 1.29 bits per heavy atom. The average molecular weight is 451 g/mol. The molecule has 0 N–H and O–H groups in total. The third-order valence-electron chi connectivity index (χ3n) is 6.23. The van der Waals surface area contributed by atoms with Crippen LogP contribution in [-0.4, -0.2) is 91.2 Å². The van der Waals surface area contributed by atoms with Crippen LogP contribution in [0, 0.1) is 0 Å². The summed E-state index contributed by atoms with van der Waals surface area (Å²) >= 11 is 0. The van der Waals surface area contributed by atoms with Gasteiger partial charge in [0.25, 0.3) is 0 Å². The van der Waals surface area contributed by atoms with E-state index >= 15 is 0 Å². The zero-order valence-corrected chi connectivity index (χ0v) is 18.6. The molecular weight excluding hydrogens is 420 g/mol. The smallest absolute Gasteiger partial charge is 0.229 e. The molecule has 0 radical (unpaired) electrons. The van der Waals surface area contributed by atoms with E-state index in [1.807, 2.05) is 17.0 Å². The number of likely N-dealkylation sites (tertiary alicyclic amines) is 1.